The summed E-state index contributed by atoms with van der Waals surface area (Å²) in [4.78, 5) is 34.4. The summed E-state index contributed by atoms with van der Waals surface area (Å²) in [7, 11) is 1.11. The van der Waals surface area contributed by atoms with E-state index in [0.717, 1.165) is 19.3 Å². The molecule has 1 aliphatic rings. The second-order valence-corrected chi connectivity index (χ2v) is 11.6. The number of halogens is 7. The van der Waals surface area contributed by atoms with Gasteiger partial charge in [0.2, 0.25) is 0 Å². The number of β-amino-alcohol motifs (C(OH)–C–C–N with tert-alkyl or cyclic N) is 1. The zero-order chi connectivity index (χ0) is 34.4. The molecule has 0 spiro atoms. The van der Waals surface area contributed by atoms with Crippen molar-refractivity contribution in [2.24, 2.45) is 7.05 Å². The van der Waals surface area contributed by atoms with Crippen molar-refractivity contribution in [2.75, 3.05) is 16.8 Å². The van der Waals surface area contributed by atoms with Gasteiger partial charge in [-0.15, -0.1) is 0 Å². The topological polar surface area (TPSA) is 118 Å². The second-order valence-electron chi connectivity index (χ2n) is 11.6. The van der Waals surface area contributed by atoms with Crippen molar-refractivity contribution in [3.05, 3.63) is 74.4 Å². The summed E-state index contributed by atoms with van der Waals surface area (Å²) in [6.07, 6.45) is -6.76. The number of rotatable bonds is 8. The third-order valence-electron chi connectivity index (χ3n) is 8.06. The van der Waals surface area contributed by atoms with Crippen molar-refractivity contribution in [1.82, 2.24) is 24.3 Å². The van der Waals surface area contributed by atoms with Gasteiger partial charge >= 0.3 is 12.4 Å². The van der Waals surface area contributed by atoms with Crippen LogP contribution in [-0.2, 0) is 25.9 Å². The van der Waals surface area contributed by atoms with Gasteiger partial charge in [-0.1, -0.05) is 0 Å². The highest BCUT2D eigenvalue weighted by atomic mass is 19.4. The molecule has 0 bridgehead atoms. The number of nitrogens with zero attached hydrogens (tertiary/aromatic N) is 6. The number of aliphatic hydroxyl groups is 1. The first-order valence-electron chi connectivity index (χ1n) is 14.6. The van der Waals surface area contributed by atoms with Gasteiger partial charge < -0.3 is 19.9 Å². The number of aliphatic hydroxyl groups excluding tert-OH is 1. The van der Waals surface area contributed by atoms with Crippen LogP contribution in [0.5, 0.6) is 0 Å². The van der Waals surface area contributed by atoms with Crippen LogP contribution in [0.2, 0.25) is 0 Å². The maximum absolute atomic E-state index is 15.4. The van der Waals surface area contributed by atoms with Crippen molar-refractivity contribution in [3.8, 4) is 11.4 Å². The number of hydrogen-bond donors (Lipinski definition) is 2. The SMILES string of the molecule is C[C@@H](CCCn1ccc2cc(-c3ncc(C(F)(F)F)c(N4C[C@@H](O)C[C@@H]4C)n3)c(F)cc2c1=O)Nc1cnn(C)c(=O)c1C(F)(F)F. The molecule has 0 amide bonds. The molecular formula is C30H30F7N7O3. The molecule has 0 aliphatic carbocycles. The second kappa shape index (κ2) is 12.6. The normalized spacial score (nSPS) is 17.8. The number of alkyl halides is 6. The molecule has 0 radical (unpaired) electrons. The number of hydrogen-bond acceptors (Lipinski definition) is 8. The molecule has 252 valence electrons. The first-order valence-corrected chi connectivity index (χ1v) is 14.6. The van der Waals surface area contributed by atoms with Crippen LogP contribution in [0.25, 0.3) is 22.2 Å². The number of pyridine rings is 1. The Balaban J connectivity index is 1.36. The summed E-state index contributed by atoms with van der Waals surface area (Å²) in [5.74, 6) is -1.74. The Morgan fingerprint density at radius 2 is 1.81 bits per heavy atom. The molecule has 1 fully saturated rings. The number of aryl methyl sites for hydroxylation is 2. The van der Waals surface area contributed by atoms with Gasteiger partial charge in [-0.3, -0.25) is 9.59 Å². The number of nitrogens with one attached hydrogen (secondary N) is 1. The largest absolute Gasteiger partial charge is 0.423 e. The molecule has 5 rings (SSSR count). The van der Waals surface area contributed by atoms with Crippen LogP contribution in [-0.4, -0.2) is 54.2 Å². The van der Waals surface area contributed by atoms with E-state index in [9.17, 15) is 41.0 Å². The van der Waals surface area contributed by atoms with Gasteiger partial charge in [-0.2, -0.15) is 31.4 Å². The van der Waals surface area contributed by atoms with E-state index in [1.807, 2.05) is 0 Å². The lowest BCUT2D eigenvalue weighted by atomic mass is 10.1. The molecule has 3 aromatic heterocycles. The van der Waals surface area contributed by atoms with Crippen LogP contribution in [0.4, 0.5) is 42.2 Å². The van der Waals surface area contributed by atoms with Crippen molar-refractivity contribution in [2.45, 2.75) is 70.2 Å². The molecule has 1 saturated heterocycles. The highest BCUT2D eigenvalue weighted by Gasteiger charge is 2.40. The van der Waals surface area contributed by atoms with Crippen LogP contribution in [0.15, 0.2) is 46.4 Å². The van der Waals surface area contributed by atoms with Crippen LogP contribution in [0.3, 0.4) is 0 Å². The summed E-state index contributed by atoms with van der Waals surface area (Å²) in [5.41, 5.74) is -5.02. The average Bonchev–Trinajstić information content (AvgIpc) is 3.32. The Labute approximate surface area is 262 Å². The molecule has 3 atom stereocenters. The van der Waals surface area contributed by atoms with Gasteiger partial charge in [-0.05, 0) is 56.7 Å². The van der Waals surface area contributed by atoms with Crippen LogP contribution >= 0.6 is 0 Å². The first kappa shape index (κ1) is 33.8. The fourth-order valence-electron chi connectivity index (χ4n) is 5.70. The van der Waals surface area contributed by atoms with Crippen molar-refractivity contribution < 1.29 is 35.8 Å². The fraction of sp³-hybridized carbons (Fsp3) is 0.433. The summed E-state index contributed by atoms with van der Waals surface area (Å²) in [6.45, 7) is 3.30. The summed E-state index contributed by atoms with van der Waals surface area (Å²) in [5, 5.41) is 16.6. The lowest BCUT2D eigenvalue weighted by molar-refractivity contribution is -0.139. The molecular weight excluding hydrogens is 639 g/mol. The van der Waals surface area contributed by atoms with E-state index >= 15 is 4.39 Å². The molecule has 0 saturated carbocycles. The quantitative estimate of drug-likeness (QED) is 0.253. The zero-order valence-electron chi connectivity index (χ0n) is 25.3. The molecule has 10 nitrogen and oxygen atoms in total. The number of aromatic nitrogens is 5. The van der Waals surface area contributed by atoms with Crippen molar-refractivity contribution in [1.29, 1.82) is 0 Å². The van der Waals surface area contributed by atoms with E-state index in [1.54, 1.807) is 13.8 Å². The Morgan fingerprint density at radius 3 is 2.45 bits per heavy atom. The van der Waals surface area contributed by atoms with E-state index < -0.39 is 70.1 Å². The maximum Gasteiger partial charge on any atom is 0.423 e. The van der Waals surface area contributed by atoms with E-state index in [2.05, 4.69) is 20.4 Å². The van der Waals surface area contributed by atoms with Gasteiger partial charge in [0.1, 0.15) is 22.8 Å². The Hall–Kier alpha value is -4.54. The zero-order valence-corrected chi connectivity index (χ0v) is 25.3. The monoisotopic (exact) mass is 669 g/mol. The standard InChI is InChI=1S/C30H30F7N7O3/c1-15(40-23-13-39-42(3)28(47)24(23)30(35,36)37)5-4-7-43-8-6-17-10-20(22(31)11-19(17)27(43)46)25-38-12-21(29(32,33)34)26(41-25)44-14-18(45)9-16(44)2/h6,8,10-13,15-16,18,40,45H,4-5,7,9,14H2,1-3H3/t15-,16-,18-/m0/s1. The van der Waals surface area contributed by atoms with E-state index in [0.29, 0.717) is 23.7 Å². The van der Waals surface area contributed by atoms with E-state index in [-0.39, 0.29) is 41.7 Å². The Kier molecular flexibility index (Phi) is 9.05. The summed E-state index contributed by atoms with van der Waals surface area (Å²) in [6, 6.07) is 2.74. The average molecular weight is 670 g/mol. The molecule has 4 heterocycles. The van der Waals surface area contributed by atoms with E-state index in [1.165, 1.54) is 27.8 Å². The predicted molar refractivity (Wildman–Crippen MR) is 158 cm³/mol. The molecule has 47 heavy (non-hydrogen) atoms. The van der Waals surface area contributed by atoms with Crippen molar-refractivity contribution in [3.63, 3.8) is 0 Å². The molecule has 17 heteroatoms. The molecule has 1 aromatic carbocycles. The van der Waals surface area contributed by atoms with Crippen LogP contribution in [0.1, 0.15) is 44.2 Å². The first-order chi connectivity index (χ1) is 22.0. The van der Waals surface area contributed by atoms with Gasteiger partial charge in [0.15, 0.2) is 5.82 Å². The smallest absolute Gasteiger partial charge is 0.391 e. The summed E-state index contributed by atoms with van der Waals surface area (Å²) < 4.78 is 99.2. The Morgan fingerprint density at radius 1 is 1.09 bits per heavy atom. The highest BCUT2D eigenvalue weighted by molar-refractivity contribution is 5.86. The van der Waals surface area contributed by atoms with Gasteiger partial charge in [0, 0.05) is 44.6 Å². The third kappa shape index (κ3) is 6.94. The minimum Gasteiger partial charge on any atom is -0.391 e. The number of anilines is 2. The van der Waals surface area contributed by atoms with Gasteiger partial charge in [-0.25, -0.2) is 19.0 Å². The predicted octanol–water partition coefficient (Wildman–Crippen LogP) is 4.97. The third-order valence-corrected chi connectivity index (χ3v) is 8.06. The lowest BCUT2D eigenvalue weighted by Crippen LogP contribution is -2.31. The minimum absolute atomic E-state index is 0.00984. The summed E-state index contributed by atoms with van der Waals surface area (Å²) >= 11 is 0. The highest BCUT2D eigenvalue weighted by Crippen LogP contribution is 2.39. The maximum atomic E-state index is 15.4. The molecule has 4 aromatic rings. The minimum atomic E-state index is -4.90. The molecule has 2 N–H and O–H groups in total. The van der Waals surface area contributed by atoms with Crippen molar-refractivity contribution >= 4 is 22.3 Å². The van der Waals surface area contributed by atoms with E-state index in [4.69, 9.17) is 0 Å². The lowest BCUT2D eigenvalue weighted by Gasteiger charge is -2.26. The number of benzene rings is 1. The fourth-order valence-corrected chi connectivity index (χ4v) is 5.70. The Bertz CT molecular complexity index is 1920. The molecule has 0 unspecified atom stereocenters. The van der Waals surface area contributed by atoms with Gasteiger partial charge in [0.05, 0.1) is 28.9 Å². The van der Waals surface area contributed by atoms with Gasteiger partial charge in [0.25, 0.3) is 11.1 Å². The van der Waals surface area contributed by atoms with Crippen LogP contribution in [0, 0.1) is 5.82 Å². The molecule has 1 aliphatic heterocycles. The van der Waals surface area contributed by atoms with Crippen LogP contribution < -0.4 is 21.3 Å². The number of fused-ring (bicyclic) bond motifs is 1.